The van der Waals surface area contributed by atoms with Gasteiger partial charge in [-0.1, -0.05) is 17.7 Å². The number of nitrogens with two attached hydrogens (primary N) is 1. The van der Waals surface area contributed by atoms with Gasteiger partial charge in [0.15, 0.2) is 0 Å². The maximum atomic E-state index is 12.3. The van der Waals surface area contributed by atoms with Crippen LogP contribution in [0, 0.1) is 0 Å². The zero-order valence-corrected chi connectivity index (χ0v) is 12.0. The van der Waals surface area contributed by atoms with E-state index in [0.29, 0.717) is 23.6 Å². The Morgan fingerprint density at radius 2 is 2.19 bits per heavy atom. The van der Waals surface area contributed by atoms with Crippen LogP contribution in [0.25, 0.3) is 0 Å². The monoisotopic (exact) mass is 306 g/mol. The molecule has 0 spiro atoms. The Bertz CT molecular complexity index is 656. The zero-order valence-electron chi connectivity index (χ0n) is 11.3. The van der Waals surface area contributed by atoms with Crippen LogP contribution in [0.4, 0.5) is 5.69 Å². The van der Waals surface area contributed by atoms with Gasteiger partial charge in [-0.2, -0.15) is 0 Å². The average molecular weight is 307 g/mol. The van der Waals surface area contributed by atoms with E-state index in [1.807, 2.05) is 6.08 Å². The fourth-order valence-electron chi connectivity index (χ4n) is 3.11. The molecule has 0 bridgehead atoms. The first kappa shape index (κ1) is 13.9. The predicted octanol–water partition coefficient (Wildman–Crippen LogP) is 2.37. The van der Waals surface area contributed by atoms with Crippen LogP contribution in [0.3, 0.4) is 0 Å². The van der Waals surface area contributed by atoms with Gasteiger partial charge in [0.05, 0.1) is 0 Å². The lowest BCUT2D eigenvalue weighted by Crippen LogP contribution is -2.41. The van der Waals surface area contributed by atoms with E-state index in [1.165, 1.54) is 4.90 Å². The smallest absolute Gasteiger partial charge is 0.326 e. The molecule has 2 atom stereocenters. The number of nitrogen functional groups attached to an aromatic ring is 1. The molecule has 3 rings (SSSR count). The Morgan fingerprint density at radius 1 is 1.43 bits per heavy atom. The number of carbonyl (C=O) groups excluding carboxylic acids is 1. The van der Waals surface area contributed by atoms with Crippen molar-refractivity contribution in [3.8, 4) is 0 Å². The molecule has 1 unspecified atom stereocenters. The van der Waals surface area contributed by atoms with Crippen molar-refractivity contribution in [2.75, 3.05) is 5.73 Å². The Kier molecular flexibility index (Phi) is 3.37. The normalized spacial score (nSPS) is 24.7. The number of carboxylic acids is 1. The molecule has 5 nitrogen and oxygen atoms in total. The maximum Gasteiger partial charge on any atom is 0.326 e. The van der Waals surface area contributed by atoms with Gasteiger partial charge in [0.2, 0.25) is 5.91 Å². The number of allylic oxidation sites excluding steroid dienone is 2. The molecule has 1 aromatic carbocycles. The van der Waals surface area contributed by atoms with Crippen LogP contribution in [-0.2, 0) is 9.59 Å². The topological polar surface area (TPSA) is 83.6 Å². The Hall–Kier alpha value is -2.01. The van der Waals surface area contributed by atoms with E-state index in [9.17, 15) is 14.7 Å². The molecule has 1 saturated heterocycles. The number of fused-ring (bicyclic) bond motifs is 1. The lowest BCUT2D eigenvalue weighted by atomic mass is 9.90. The lowest BCUT2D eigenvalue weighted by Gasteiger charge is -2.30. The number of benzene rings is 1. The minimum absolute atomic E-state index is 0.144. The van der Waals surface area contributed by atoms with Crippen molar-refractivity contribution in [3.05, 3.63) is 40.6 Å². The molecule has 3 N–H and O–H groups in total. The molecule has 2 heterocycles. The van der Waals surface area contributed by atoms with Gasteiger partial charge in [0.25, 0.3) is 0 Å². The van der Waals surface area contributed by atoms with Crippen molar-refractivity contribution in [2.24, 2.45) is 0 Å². The first-order valence-corrected chi connectivity index (χ1v) is 7.15. The van der Waals surface area contributed by atoms with Gasteiger partial charge in [0.1, 0.15) is 6.04 Å². The molecule has 0 radical (unpaired) electrons. The van der Waals surface area contributed by atoms with Crippen LogP contribution in [0.5, 0.6) is 0 Å². The molecule has 1 fully saturated rings. The molecule has 1 aromatic rings. The van der Waals surface area contributed by atoms with Crippen molar-refractivity contribution in [3.63, 3.8) is 0 Å². The molecule has 2 aliphatic rings. The van der Waals surface area contributed by atoms with E-state index >= 15 is 0 Å². The SMILES string of the molecule is Nc1ccc(Cl)cc1C1C=C2CC[C@@H](C(=O)O)N2C(=O)C1. The van der Waals surface area contributed by atoms with Gasteiger partial charge in [0, 0.05) is 28.7 Å². The summed E-state index contributed by atoms with van der Waals surface area (Å²) in [6, 6.07) is 4.47. The number of hydrogen-bond donors (Lipinski definition) is 2. The predicted molar refractivity (Wildman–Crippen MR) is 78.8 cm³/mol. The maximum absolute atomic E-state index is 12.3. The minimum atomic E-state index is -0.951. The van der Waals surface area contributed by atoms with Crippen molar-refractivity contribution < 1.29 is 14.7 Å². The summed E-state index contributed by atoms with van der Waals surface area (Å²) >= 11 is 6.00. The minimum Gasteiger partial charge on any atom is -0.480 e. The summed E-state index contributed by atoms with van der Waals surface area (Å²) in [5.74, 6) is -1.26. The van der Waals surface area contributed by atoms with Crippen molar-refractivity contribution in [2.45, 2.75) is 31.2 Å². The molecule has 0 saturated carbocycles. The lowest BCUT2D eigenvalue weighted by molar-refractivity contribution is -0.147. The molecule has 21 heavy (non-hydrogen) atoms. The first-order chi connectivity index (χ1) is 9.97. The Balaban J connectivity index is 1.97. The highest BCUT2D eigenvalue weighted by Gasteiger charge is 2.41. The fourth-order valence-corrected chi connectivity index (χ4v) is 3.29. The summed E-state index contributed by atoms with van der Waals surface area (Å²) in [6.45, 7) is 0. The third-order valence-electron chi connectivity index (χ3n) is 4.09. The van der Waals surface area contributed by atoms with Crippen LogP contribution >= 0.6 is 11.6 Å². The zero-order chi connectivity index (χ0) is 15.1. The van der Waals surface area contributed by atoms with Crippen LogP contribution in [0.1, 0.15) is 30.7 Å². The van der Waals surface area contributed by atoms with Crippen LogP contribution < -0.4 is 5.73 Å². The number of hydrogen-bond acceptors (Lipinski definition) is 3. The quantitative estimate of drug-likeness (QED) is 0.822. The summed E-state index contributed by atoms with van der Waals surface area (Å²) < 4.78 is 0. The standard InChI is InChI=1S/C15H15ClN2O3/c16-9-1-3-12(17)11(7-9)8-5-10-2-4-13(15(20)21)18(10)14(19)6-8/h1,3,5,7-8,13H,2,4,6,17H2,(H,20,21)/t8?,13-/m0/s1. The second-order valence-electron chi connectivity index (χ2n) is 5.40. The summed E-state index contributed by atoms with van der Waals surface area (Å²) in [5.41, 5.74) is 8.17. The van der Waals surface area contributed by atoms with Crippen LogP contribution in [0.2, 0.25) is 5.02 Å². The number of halogens is 1. The number of amides is 1. The van der Waals surface area contributed by atoms with Crippen molar-refractivity contribution in [1.82, 2.24) is 4.90 Å². The second-order valence-corrected chi connectivity index (χ2v) is 5.83. The molecular weight excluding hydrogens is 292 g/mol. The van der Waals surface area contributed by atoms with Crippen LogP contribution in [-0.4, -0.2) is 27.9 Å². The largest absolute Gasteiger partial charge is 0.480 e. The van der Waals surface area contributed by atoms with E-state index in [0.717, 1.165) is 11.3 Å². The van der Waals surface area contributed by atoms with E-state index in [2.05, 4.69) is 0 Å². The Morgan fingerprint density at radius 3 is 2.90 bits per heavy atom. The van der Waals surface area contributed by atoms with Gasteiger partial charge in [-0.15, -0.1) is 0 Å². The van der Waals surface area contributed by atoms with Crippen LogP contribution in [0.15, 0.2) is 30.0 Å². The number of carboxylic acid groups (broad SMARTS) is 1. The van der Waals surface area contributed by atoms with Crippen molar-refractivity contribution >= 4 is 29.2 Å². The van der Waals surface area contributed by atoms with Gasteiger partial charge < -0.3 is 15.7 Å². The summed E-state index contributed by atoms with van der Waals surface area (Å²) in [4.78, 5) is 24.9. The van der Waals surface area contributed by atoms with E-state index in [4.69, 9.17) is 17.3 Å². The highest BCUT2D eigenvalue weighted by molar-refractivity contribution is 6.30. The number of carbonyl (C=O) groups is 2. The third kappa shape index (κ3) is 2.38. The van der Waals surface area contributed by atoms with Gasteiger partial charge >= 0.3 is 5.97 Å². The highest BCUT2D eigenvalue weighted by atomic mass is 35.5. The highest BCUT2D eigenvalue weighted by Crippen LogP contribution is 2.39. The second kappa shape index (κ2) is 5.07. The molecular formula is C15H15ClN2O3. The van der Waals surface area contributed by atoms with Gasteiger partial charge in [-0.3, -0.25) is 4.79 Å². The average Bonchev–Trinajstić information content (AvgIpc) is 2.86. The molecule has 1 amide bonds. The molecule has 0 aromatic heterocycles. The number of aliphatic carboxylic acids is 1. The summed E-state index contributed by atoms with van der Waals surface area (Å²) in [7, 11) is 0. The van der Waals surface area contributed by atoms with Crippen molar-refractivity contribution in [1.29, 1.82) is 0 Å². The first-order valence-electron chi connectivity index (χ1n) is 6.78. The van der Waals surface area contributed by atoms with Gasteiger partial charge in [-0.25, -0.2) is 4.79 Å². The molecule has 0 aliphatic carbocycles. The third-order valence-corrected chi connectivity index (χ3v) is 4.32. The molecule has 110 valence electrons. The van der Waals surface area contributed by atoms with E-state index in [1.54, 1.807) is 18.2 Å². The Labute approximate surface area is 127 Å². The molecule has 6 heteroatoms. The number of anilines is 1. The number of nitrogens with zero attached hydrogens (tertiary/aromatic N) is 1. The summed E-state index contributed by atoms with van der Waals surface area (Å²) in [5, 5.41) is 9.75. The fraction of sp³-hybridized carbons (Fsp3) is 0.333. The van der Waals surface area contributed by atoms with E-state index in [-0.39, 0.29) is 18.2 Å². The summed E-state index contributed by atoms with van der Waals surface area (Å²) in [6.07, 6.45) is 3.23. The molecule has 2 aliphatic heterocycles. The van der Waals surface area contributed by atoms with E-state index < -0.39 is 12.0 Å². The number of rotatable bonds is 2. The van der Waals surface area contributed by atoms with Gasteiger partial charge in [-0.05, 0) is 36.6 Å².